The summed E-state index contributed by atoms with van der Waals surface area (Å²) in [5.74, 6) is -1.21. The molecular formula is C25H26ClN3O6S. The molecule has 0 amide bonds. The summed E-state index contributed by atoms with van der Waals surface area (Å²) < 4.78 is 13.2. The molecule has 0 bridgehead atoms. The summed E-state index contributed by atoms with van der Waals surface area (Å²) in [7, 11) is 0. The zero-order chi connectivity index (χ0) is 26.0. The maximum absolute atomic E-state index is 12.2. The molecule has 2 aromatic heterocycles. The Balaban J connectivity index is 1.66. The zero-order valence-corrected chi connectivity index (χ0v) is 21.5. The first-order chi connectivity index (χ1) is 17.2. The van der Waals surface area contributed by atoms with E-state index < -0.39 is 17.4 Å². The fraction of sp³-hybridized carbons (Fsp3) is 0.320. The first kappa shape index (κ1) is 25.9. The molecule has 9 nitrogen and oxygen atoms in total. The first-order valence-corrected chi connectivity index (χ1v) is 12.5. The molecule has 0 fully saturated rings. The summed E-state index contributed by atoms with van der Waals surface area (Å²) >= 11 is 7.58. The SMILES string of the molecule is CCN1C(O[C@H](C)c2ccc(CO)cc2Cl)=C(C(=O)O)SC1c1cnc2ccc(COC(C)=O)cn12. The highest BCUT2D eigenvalue weighted by Gasteiger charge is 2.40. The van der Waals surface area contributed by atoms with Crippen molar-refractivity contribution in [3.8, 4) is 0 Å². The van der Waals surface area contributed by atoms with Gasteiger partial charge in [-0.15, -0.1) is 0 Å². The molecule has 0 saturated carbocycles. The van der Waals surface area contributed by atoms with Crippen LogP contribution < -0.4 is 0 Å². The standard InChI is InChI=1S/C25H26ClN3O6S/c1-4-28-23(35-14(2)18-7-5-16(12-30)9-19(18)26)22(25(32)33)36-24(28)20-10-27-21-8-6-17(11-29(20)21)13-34-15(3)31/h5-11,14,24,30H,4,12-13H2,1-3H3,(H,32,33)/t14-,24?/m1/s1. The molecule has 11 heteroatoms. The van der Waals surface area contributed by atoms with Crippen LogP contribution in [0.15, 0.2) is 53.5 Å². The number of hydrogen-bond acceptors (Lipinski definition) is 8. The summed E-state index contributed by atoms with van der Waals surface area (Å²) in [6, 6.07) is 8.84. The van der Waals surface area contributed by atoms with Crippen molar-refractivity contribution in [2.24, 2.45) is 0 Å². The average molecular weight is 532 g/mol. The number of carboxylic acids is 1. The number of halogens is 1. The van der Waals surface area contributed by atoms with Gasteiger partial charge in [0.1, 0.15) is 23.7 Å². The number of esters is 1. The van der Waals surface area contributed by atoms with E-state index in [2.05, 4.69) is 4.98 Å². The van der Waals surface area contributed by atoms with Crippen LogP contribution in [0.25, 0.3) is 5.65 Å². The highest BCUT2D eigenvalue weighted by molar-refractivity contribution is 8.04. The summed E-state index contributed by atoms with van der Waals surface area (Å²) in [4.78, 5) is 29.9. The maximum atomic E-state index is 12.2. The monoisotopic (exact) mass is 531 g/mol. The molecule has 2 atom stereocenters. The third-order valence-electron chi connectivity index (χ3n) is 5.77. The number of aliphatic hydroxyl groups excluding tert-OH is 1. The van der Waals surface area contributed by atoms with E-state index in [1.807, 2.05) is 34.6 Å². The number of pyridine rings is 1. The normalized spacial score (nSPS) is 16.5. The van der Waals surface area contributed by atoms with Crippen LogP contribution in [-0.2, 0) is 32.3 Å². The Morgan fingerprint density at radius 2 is 2.00 bits per heavy atom. The number of rotatable bonds is 9. The topological polar surface area (TPSA) is 114 Å². The molecule has 1 aromatic carbocycles. The summed E-state index contributed by atoms with van der Waals surface area (Å²) in [5.41, 5.74) is 3.58. The van der Waals surface area contributed by atoms with Gasteiger partial charge in [0.2, 0.25) is 5.88 Å². The Morgan fingerprint density at radius 3 is 2.64 bits per heavy atom. The van der Waals surface area contributed by atoms with Crippen LogP contribution >= 0.6 is 23.4 Å². The van der Waals surface area contributed by atoms with Gasteiger partial charge in [-0.25, -0.2) is 9.78 Å². The van der Waals surface area contributed by atoms with E-state index in [9.17, 15) is 19.8 Å². The predicted molar refractivity (Wildman–Crippen MR) is 135 cm³/mol. The Labute approximate surface area is 217 Å². The molecule has 36 heavy (non-hydrogen) atoms. The summed E-state index contributed by atoms with van der Waals surface area (Å²) in [6.07, 6.45) is 3.00. The maximum Gasteiger partial charge on any atom is 0.347 e. The lowest BCUT2D eigenvalue weighted by molar-refractivity contribution is -0.142. The number of carbonyl (C=O) groups is 2. The zero-order valence-electron chi connectivity index (χ0n) is 20.0. The number of hydrogen-bond donors (Lipinski definition) is 2. The molecule has 0 spiro atoms. The third-order valence-corrected chi connectivity index (χ3v) is 7.40. The van der Waals surface area contributed by atoms with Gasteiger partial charge >= 0.3 is 11.9 Å². The van der Waals surface area contributed by atoms with Crippen molar-refractivity contribution >= 4 is 40.9 Å². The number of aliphatic hydroxyl groups is 1. The number of imidazole rings is 1. The van der Waals surface area contributed by atoms with Gasteiger partial charge in [0.25, 0.3) is 0 Å². The average Bonchev–Trinajstić information content (AvgIpc) is 3.43. The van der Waals surface area contributed by atoms with Crippen LogP contribution in [0.4, 0.5) is 0 Å². The van der Waals surface area contributed by atoms with E-state index in [0.717, 1.165) is 11.3 Å². The third kappa shape index (κ3) is 5.16. The van der Waals surface area contributed by atoms with Crippen molar-refractivity contribution in [2.75, 3.05) is 6.54 Å². The fourth-order valence-electron chi connectivity index (χ4n) is 3.98. The molecule has 4 rings (SSSR count). The van der Waals surface area contributed by atoms with Gasteiger partial charge in [-0.3, -0.25) is 4.79 Å². The van der Waals surface area contributed by atoms with E-state index in [-0.39, 0.29) is 30.0 Å². The van der Waals surface area contributed by atoms with Crippen LogP contribution in [-0.4, -0.2) is 43.0 Å². The second-order valence-electron chi connectivity index (χ2n) is 8.20. The van der Waals surface area contributed by atoms with Gasteiger partial charge in [-0.05, 0) is 31.5 Å². The number of nitrogens with zero attached hydrogens (tertiary/aromatic N) is 3. The van der Waals surface area contributed by atoms with Crippen LogP contribution in [0.5, 0.6) is 0 Å². The lowest BCUT2D eigenvalue weighted by Crippen LogP contribution is -2.25. The number of aliphatic carboxylic acids is 1. The molecule has 2 N–H and O–H groups in total. The molecule has 190 valence electrons. The minimum atomic E-state index is -1.09. The van der Waals surface area contributed by atoms with Crippen molar-refractivity contribution in [1.82, 2.24) is 14.3 Å². The molecule has 0 radical (unpaired) electrons. The van der Waals surface area contributed by atoms with Gasteiger partial charge in [0.05, 0.1) is 18.5 Å². The number of benzene rings is 1. The lowest BCUT2D eigenvalue weighted by atomic mass is 10.1. The smallest absolute Gasteiger partial charge is 0.347 e. The van der Waals surface area contributed by atoms with Crippen molar-refractivity contribution in [2.45, 2.75) is 45.5 Å². The van der Waals surface area contributed by atoms with Crippen LogP contribution in [0, 0.1) is 0 Å². The van der Waals surface area contributed by atoms with E-state index in [4.69, 9.17) is 21.1 Å². The Kier molecular flexibility index (Phi) is 7.77. The number of fused-ring (bicyclic) bond motifs is 1. The second kappa shape index (κ2) is 10.8. The van der Waals surface area contributed by atoms with Crippen molar-refractivity contribution < 1.29 is 29.3 Å². The minimum Gasteiger partial charge on any atom is -0.477 e. The summed E-state index contributed by atoms with van der Waals surface area (Å²) in [5, 5.41) is 19.4. The highest BCUT2D eigenvalue weighted by atomic mass is 35.5. The number of carboxylic acid groups (broad SMARTS) is 1. The minimum absolute atomic E-state index is 0.0859. The van der Waals surface area contributed by atoms with E-state index in [0.29, 0.717) is 28.3 Å². The number of ether oxygens (including phenoxy) is 2. The van der Waals surface area contributed by atoms with Gasteiger partial charge in [0, 0.05) is 35.8 Å². The van der Waals surface area contributed by atoms with E-state index in [1.165, 1.54) is 18.7 Å². The van der Waals surface area contributed by atoms with Gasteiger partial charge in [0.15, 0.2) is 4.91 Å². The Bertz CT molecular complexity index is 1340. The molecule has 1 unspecified atom stereocenters. The van der Waals surface area contributed by atoms with Crippen molar-refractivity contribution in [3.05, 3.63) is 80.9 Å². The molecule has 3 heterocycles. The van der Waals surface area contributed by atoms with E-state index >= 15 is 0 Å². The molecule has 1 aliphatic rings. The fourth-order valence-corrected chi connectivity index (χ4v) is 5.60. The number of thioether (sulfide) groups is 1. The van der Waals surface area contributed by atoms with Crippen molar-refractivity contribution in [3.63, 3.8) is 0 Å². The molecule has 1 aliphatic heterocycles. The predicted octanol–water partition coefficient (Wildman–Crippen LogP) is 4.64. The lowest BCUT2D eigenvalue weighted by Gasteiger charge is -2.29. The first-order valence-electron chi connectivity index (χ1n) is 11.3. The number of aromatic nitrogens is 2. The molecular weight excluding hydrogens is 506 g/mol. The van der Waals surface area contributed by atoms with Crippen LogP contribution in [0.3, 0.4) is 0 Å². The van der Waals surface area contributed by atoms with Crippen molar-refractivity contribution in [1.29, 1.82) is 0 Å². The Hall–Kier alpha value is -3.21. The molecule has 0 saturated heterocycles. The molecule has 3 aromatic rings. The number of carbonyl (C=O) groups excluding carboxylic acids is 1. The molecule has 0 aliphatic carbocycles. The van der Waals surface area contributed by atoms with Gasteiger partial charge < -0.3 is 29.0 Å². The van der Waals surface area contributed by atoms with Gasteiger partial charge in [-0.1, -0.05) is 41.6 Å². The second-order valence-corrected chi connectivity index (χ2v) is 9.70. The largest absolute Gasteiger partial charge is 0.477 e. The highest BCUT2D eigenvalue weighted by Crippen LogP contribution is 2.49. The Morgan fingerprint density at radius 1 is 1.25 bits per heavy atom. The quantitative estimate of drug-likeness (QED) is 0.381. The van der Waals surface area contributed by atoms with Crippen LogP contribution in [0.2, 0.25) is 5.02 Å². The van der Waals surface area contributed by atoms with E-state index in [1.54, 1.807) is 31.3 Å². The van der Waals surface area contributed by atoms with Gasteiger partial charge in [-0.2, -0.15) is 0 Å². The van der Waals surface area contributed by atoms with Crippen LogP contribution in [0.1, 0.15) is 54.6 Å². The summed E-state index contributed by atoms with van der Waals surface area (Å²) in [6.45, 7) is 5.55.